The normalized spacial score (nSPS) is 10.7. The van der Waals surface area contributed by atoms with Crippen molar-refractivity contribution in [2.24, 2.45) is 0 Å². The highest BCUT2D eigenvalue weighted by atomic mass is 16.5. The quantitative estimate of drug-likeness (QED) is 0.888. The summed E-state index contributed by atoms with van der Waals surface area (Å²) in [5, 5.41) is 2.57. The van der Waals surface area contributed by atoms with Crippen LogP contribution in [0, 0.1) is 0 Å². The molecule has 1 aromatic carbocycles. The summed E-state index contributed by atoms with van der Waals surface area (Å²) in [6, 6.07) is 7.39. The number of H-pyrrole nitrogens is 1. The molecule has 0 aliphatic carbocycles. The Morgan fingerprint density at radius 2 is 2.04 bits per heavy atom. The Kier molecular flexibility index (Phi) is 5.16. The molecule has 0 radical (unpaired) electrons. The van der Waals surface area contributed by atoms with Gasteiger partial charge in [0.15, 0.2) is 0 Å². The van der Waals surface area contributed by atoms with Gasteiger partial charge < -0.3 is 15.0 Å². The minimum absolute atomic E-state index is 0.0165. The second-order valence-electron chi connectivity index (χ2n) is 5.44. The first-order valence-corrected chi connectivity index (χ1v) is 7.58. The Hall–Kier alpha value is -2.63. The third kappa shape index (κ3) is 3.77. The van der Waals surface area contributed by atoms with E-state index in [9.17, 15) is 9.59 Å². The molecule has 0 aliphatic rings. The fourth-order valence-corrected chi connectivity index (χ4v) is 2.28. The van der Waals surface area contributed by atoms with Crippen LogP contribution in [0.3, 0.4) is 0 Å². The number of hydrogen-bond acceptors (Lipinski definition) is 4. The second-order valence-corrected chi connectivity index (χ2v) is 5.44. The van der Waals surface area contributed by atoms with E-state index in [0.29, 0.717) is 29.4 Å². The zero-order chi connectivity index (χ0) is 17.0. The predicted octanol–water partition coefficient (Wildman–Crippen LogP) is 2.92. The van der Waals surface area contributed by atoms with Crippen LogP contribution in [0.25, 0.3) is 11.4 Å². The summed E-state index contributed by atoms with van der Waals surface area (Å²) in [5.74, 6) is 0.760. The topological polar surface area (TPSA) is 84.1 Å². The molecule has 6 heteroatoms. The first-order chi connectivity index (χ1) is 10.9. The average molecular weight is 315 g/mol. The molecule has 0 unspecified atom stereocenters. The van der Waals surface area contributed by atoms with E-state index >= 15 is 0 Å². The summed E-state index contributed by atoms with van der Waals surface area (Å²) in [6.45, 7) is 7.62. The molecular weight excluding hydrogens is 294 g/mol. The Morgan fingerprint density at radius 1 is 1.35 bits per heavy atom. The van der Waals surface area contributed by atoms with Crippen molar-refractivity contribution in [3.05, 3.63) is 40.3 Å². The zero-order valence-corrected chi connectivity index (χ0v) is 13.8. The highest BCUT2D eigenvalue weighted by Gasteiger charge is 2.17. The fraction of sp³-hybridized carbons (Fsp3) is 0.353. The van der Waals surface area contributed by atoms with Gasteiger partial charge >= 0.3 is 0 Å². The van der Waals surface area contributed by atoms with Gasteiger partial charge in [-0.15, -0.1) is 0 Å². The Balaban J connectivity index is 2.62. The molecule has 2 rings (SSSR count). The fourth-order valence-electron chi connectivity index (χ4n) is 2.28. The molecule has 122 valence electrons. The summed E-state index contributed by atoms with van der Waals surface area (Å²) < 4.78 is 5.59. The number of benzene rings is 1. The van der Waals surface area contributed by atoms with Crippen molar-refractivity contribution in [3.8, 4) is 17.1 Å². The maximum Gasteiger partial charge on any atom is 0.275 e. The molecule has 0 saturated heterocycles. The highest BCUT2D eigenvalue weighted by Crippen LogP contribution is 2.29. The standard InChI is InChI=1S/C17H21N3O3/c1-5-23-13-9-7-6-8-12(13)16-19-14(10(2)3)15(17(22)20-16)18-11(4)21/h6-10H,5H2,1-4H3,(H,18,21)(H,19,20,22). The van der Waals surface area contributed by atoms with Crippen molar-refractivity contribution >= 4 is 11.6 Å². The van der Waals surface area contributed by atoms with Crippen LogP contribution in [0.5, 0.6) is 5.75 Å². The van der Waals surface area contributed by atoms with Gasteiger partial charge in [0.25, 0.3) is 5.56 Å². The minimum atomic E-state index is -0.375. The summed E-state index contributed by atoms with van der Waals surface area (Å²) in [6.07, 6.45) is 0. The number of ether oxygens (including phenoxy) is 1. The second kappa shape index (κ2) is 7.09. The number of nitrogens with zero attached hydrogens (tertiary/aromatic N) is 1. The maximum atomic E-state index is 12.4. The Labute approximate surface area is 134 Å². The van der Waals surface area contributed by atoms with Gasteiger partial charge in [0.05, 0.1) is 17.9 Å². The molecule has 0 spiro atoms. The van der Waals surface area contributed by atoms with Crippen LogP contribution in [0.15, 0.2) is 29.1 Å². The van der Waals surface area contributed by atoms with Crippen LogP contribution < -0.4 is 15.6 Å². The van der Waals surface area contributed by atoms with Crippen molar-refractivity contribution in [1.82, 2.24) is 9.97 Å². The largest absolute Gasteiger partial charge is 0.493 e. The van der Waals surface area contributed by atoms with Crippen molar-refractivity contribution in [1.29, 1.82) is 0 Å². The van der Waals surface area contributed by atoms with Gasteiger partial charge in [-0.3, -0.25) is 9.59 Å². The lowest BCUT2D eigenvalue weighted by molar-refractivity contribution is -0.114. The zero-order valence-electron chi connectivity index (χ0n) is 13.8. The first-order valence-electron chi connectivity index (χ1n) is 7.58. The Morgan fingerprint density at radius 3 is 2.65 bits per heavy atom. The number of nitrogens with one attached hydrogen (secondary N) is 2. The lowest BCUT2D eigenvalue weighted by Gasteiger charge is -2.14. The summed E-state index contributed by atoms with van der Waals surface area (Å²) in [7, 11) is 0. The third-order valence-electron chi connectivity index (χ3n) is 3.24. The van der Waals surface area contributed by atoms with E-state index in [1.54, 1.807) is 0 Å². The molecule has 6 nitrogen and oxygen atoms in total. The van der Waals surface area contributed by atoms with Crippen LogP contribution in [0.1, 0.15) is 39.3 Å². The van der Waals surface area contributed by atoms with Gasteiger partial charge in [0.1, 0.15) is 17.3 Å². The molecule has 1 amide bonds. The summed E-state index contributed by atoms with van der Waals surface area (Å²) >= 11 is 0. The average Bonchev–Trinajstić information content (AvgIpc) is 2.49. The molecule has 0 saturated carbocycles. The van der Waals surface area contributed by atoms with Crippen LogP contribution >= 0.6 is 0 Å². The molecule has 23 heavy (non-hydrogen) atoms. The van der Waals surface area contributed by atoms with Gasteiger partial charge in [0.2, 0.25) is 5.91 Å². The number of rotatable bonds is 5. The van der Waals surface area contributed by atoms with Crippen LogP contribution in [-0.4, -0.2) is 22.5 Å². The number of carbonyl (C=O) groups is 1. The molecule has 2 aromatic rings. The molecule has 0 atom stereocenters. The van der Waals surface area contributed by atoms with Gasteiger partial charge in [-0.1, -0.05) is 26.0 Å². The number of carbonyl (C=O) groups excluding carboxylic acids is 1. The third-order valence-corrected chi connectivity index (χ3v) is 3.24. The van der Waals surface area contributed by atoms with Gasteiger partial charge in [-0.05, 0) is 25.0 Å². The van der Waals surface area contributed by atoms with Gasteiger partial charge in [-0.2, -0.15) is 0 Å². The van der Waals surface area contributed by atoms with E-state index in [4.69, 9.17) is 4.74 Å². The van der Waals surface area contributed by atoms with Crippen LogP contribution in [0.2, 0.25) is 0 Å². The summed E-state index contributed by atoms with van der Waals surface area (Å²) in [4.78, 5) is 31.0. The number of aromatic amines is 1. The molecular formula is C17H21N3O3. The number of para-hydroxylation sites is 1. The molecule has 1 aromatic heterocycles. The Bertz CT molecular complexity index is 766. The maximum absolute atomic E-state index is 12.4. The van der Waals surface area contributed by atoms with Crippen molar-refractivity contribution in [3.63, 3.8) is 0 Å². The summed E-state index contributed by atoms with van der Waals surface area (Å²) in [5.41, 5.74) is 1.08. The minimum Gasteiger partial charge on any atom is -0.493 e. The number of anilines is 1. The van der Waals surface area contributed by atoms with E-state index in [2.05, 4.69) is 15.3 Å². The number of aromatic nitrogens is 2. The number of hydrogen-bond donors (Lipinski definition) is 2. The lowest BCUT2D eigenvalue weighted by atomic mass is 10.1. The monoisotopic (exact) mass is 315 g/mol. The van der Waals surface area contributed by atoms with Crippen LogP contribution in [-0.2, 0) is 4.79 Å². The highest BCUT2D eigenvalue weighted by molar-refractivity contribution is 5.89. The SMILES string of the molecule is CCOc1ccccc1-c1nc(C(C)C)c(NC(C)=O)c(=O)[nH]1. The van der Waals surface area contributed by atoms with Crippen molar-refractivity contribution < 1.29 is 9.53 Å². The van der Waals surface area contributed by atoms with Gasteiger partial charge in [-0.25, -0.2) is 4.98 Å². The van der Waals surface area contributed by atoms with Crippen molar-refractivity contribution in [2.45, 2.75) is 33.6 Å². The molecule has 0 bridgehead atoms. The molecule has 0 fully saturated rings. The smallest absolute Gasteiger partial charge is 0.275 e. The molecule has 2 N–H and O–H groups in total. The van der Waals surface area contributed by atoms with E-state index in [0.717, 1.165) is 0 Å². The van der Waals surface area contributed by atoms with E-state index in [-0.39, 0.29) is 23.1 Å². The van der Waals surface area contributed by atoms with Crippen molar-refractivity contribution in [2.75, 3.05) is 11.9 Å². The lowest BCUT2D eigenvalue weighted by Crippen LogP contribution is -2.22. The predicted molar refractivity (Wildman–Crippen MR) is 89.9 cm³/mol. The molecule has 1 heterocycles. The van der Waals surface area contributed by atoms with E-state index < -0.39 is 0 Å². The van der Waals surface area contributed by atoms with E-state index in [1.807, 2.05) is 45.0 Å². The van der Waals surface area contributed by atoms with Crippen LogP contribution in [0.4, 0.5) is 5.69 Å². The van der Waals surface area contributed by atoms with E-state index in [1.165, 1.54) is 6.92 Å². The molecule has 0 aliphatic heterocycles. The van der Waals surface area contributed by atoms with Gasteiger partial charge in [0, 0.05) is 6.92 Å². The number of amides is 1. The first kappa shape index (κ1) is 16.7.